The predicted octanol–water partition coefficient (Wildman–Crippen LogP) is 2.71. The number of nitrogens with zero attached hydrogens (tertiary/aromatic N) is 1. The molecule has 6 aliphatic carbocycles. The van der Waals surface area contributed by atoms with Crippen molar-refractivity contribution in [1.82, 2.24) is 4.90 Å². The second-order valence-corrected chi connectivity index (χ2v) is 11.2. The molecule has 0 aromatic heterocycles. The summed E-state index contributed by atoms with van der Waals surface area (Å²) in [5, 5.41) is 12.0. The molecule has 3 heterocycles. The number of hydrogen-bond acceptors (Lipinski definition) is 4. The van der Waals surface area contributed by atoms with E-state index in [2.05, 4.69) is 18.4 Å². The quantitative estimate of drug-likeness (QED) is 0.580. The fourth-order valence-electron chi connectivity index (χ4n) is 10.9. The third-order valence-corrected chi connectivity index (χ3v) is 10.5. The Kier molecular flexibility index (Phi) is 2.22. The molecule has 10 unspecified atom stereocenters. The van der Waals surface area contributed by atoms with Crippen molar-refractivity contribution in [2.75, 3.05) is 6.54 Å². The maximum absolute atomic E-state index is 12.0. The lowest BCUT2D eigenvalue weighted by Gasteiger charge is -2.66. The molecular weight excluding hydrogens is 326 g/mol. The van der Waals surface area contributed by atoms with E-state index in [1.807, 2.05) is 0 Å². The third kappa shape index (κ3) is 1.15. The average molecular weight is 355 g/mol. The molecule has 2 spiro atoms. The van der Waals surface area contributed by atoms with E-state index in [0.29, 0.717) is 29.7 Å². The van der Waals surface area contributed by atoms with Crippen LogP contribution in [0.3, 0.4) is 0 Å². The van der Waals surface area contributed by atoms with Gasteiger partial charge >= 0.3 is 5.97 Å². The predicted molar refractivity (Wildman–Crippen MR) is 94.8 cm³/mol. The maximum atomic E-state index is 12.0. The Morgan fingerprint density at radius 2 is 2.19 bits per heavy atom. The van der Waals surface area contributed by atoms with Gasteiger partial charge in [0, 0.05) is 42.7 Å². The summed E-state index contributed by atoms with van der Waals surface area (Å²) in [6.07, 6.45) is 6.80. The summed E-state index contributed by atoms with van der Waals surface area (Å²) in [6, 6.07) is 0.515. The molecule has 140 valence electrons. The third-order valence-electron chi connectivity index (χ3n) is 10.5. The highest BCUT2D eigenvalue weighted by Crippen LogP contribution is 2.89. The number of carbonyl (C=O) groups is 1. The number of hydrogen-bond donors (Lipinski definition) is 1. The zero-order valence-electron chi connectivity index (χ0n) is 15.8. The van der Waals surface area contributed by atoms with Gasteiger partial charge in [0.15, 0.2) is 0 Å². The molecule has 9 rings (SSSR count). The van der Waals surface area contributed by atoms with Gasteiger partial charge in [-0.25, -0.2) is 0 Å². The van der Waals surface area contributed by atoms with Gasteiger partial charge in [0.1, 0.15) is 11.8 Å². The Bertz CT molecular complexity index is 794. The second kappa shape index (κ2) is 3.82. The van der Waals surface area contributed by atoms with Gasteiger partial charge in [-0.1, -0.05) is 25.5 Å². The molecule has 0 radical (unpaired) electrons. The van der Waals surface area contributed by atoms with Gasteiger partial charge in [0.05, 0.1) is 0 Å². The molecule has 1 N–H and O–H groups in total. The zero-order chi connectivity index (χ0) is 17.9. The number of rotatable bonds is 1. The summed E-state index contributed by atoms with van der Waals surface area (Å²) < 4.78 is 6.08. The first kappa shape index (κ1) is 15.1. The van der Waals surface area contributed by atoms with Crippen LogP contribution < -0.4 is 0 Å². The fourth-order valence-corrected chi connectivity index (χ4v) is 10.9. The van der Waals surface area contributed by atoms with Gasteiger partial charge in [-0.3, -0.25) is 9.69 Å². The van der Waals surface area contributed by atoms with Crippen LogP contribution in [0.15, 0.2) is 12.2 Å². The highest BCUT2D eigenvalue weighted by Gasteiger charge is 2.92. The molecule has 9 aliphatic rings. The Hall–Kier alpha value is -0.870. The van der Waals surface area contributed by atoms with Crippen LogP contribution in [0, 0.1) is 39.9 Å². The second-order valence-electron chi connectivity index (χ2n) is 11.2. The fraction of sp³-hybridized carbons (Fsp3) is 0.864. The van der Waals surface area contributed by atoms with Crippen molar-refractivity contribution in [3.05, 3.63) is 12.2 Å². The van der Waals surface area contributed by atoms with E-state index >= 15 is 0 Å². The van der Waals surface area contributed by atoms with Crippen LogP contribution in [0.25, 0.3) is 0 Å². The number of ether oxygens (including phenoxy) is 1. The molecule has 0 aromatic rings. The van der Waals surface area contributed by atoms with Gasteiger partial charge in [-0.05, 0) is 48.9 Å². The van der Waals surface area contributed by atoms with Crippen molar-refractivity contribution in [3.8, 4) is 0 Å². The van der Waals surface area contributed by atoms with Crippen LogP contribution in [0.1, 0.15) is 52.4 Å². The molecule has 0 aromatic carbocycles. The smallest absolute Gasteiger partial charge is 0.302 e. The van der Waals surface area contributed by atoms with Crippen LogP contribution in [0.4, 0.5) is 0 Å². The minimum Gasteiger partial charge on any atom is -0.462 e. The molecule has 3 saturated heterocycles. The molecule has 26 heavy (non-hydrogen) atoms. The summed E-state index contributed by atoms with van der Waals surface area (Å²) in [5.41, 5.74) is 1.20. The number of carbonyl (C=O) groups excluding carboxylic acids is 1. The number of fused-ring (bicyclic) bond motifs is 1. The van der Waals surface area contributed by atoms with Crippen molar-refractivity contribution in [2.24, 2.45) is 39.9 Å². The largest absolute Gasteiger partial charge is 0.462 e. The van der Waals surface area contributed by atoms with E-state index in [0.717, 1.165) is 25.8 Å². The molecule has 4 nitrogen and oxygen atoms in total. The monoisotopic (exact) mass is 355 g/mol. The first-order chi connectivity index (χ1) is 12.3. The Labute approximate surface area is 155 Å². The molecule has 3 aliphatic heterocycles. The zero-order valence-corrected chi connectivity index (χ0v) is 15.8. The van der Waals surface area contributed by atoms with E-state index in [9.17, 15) is 9.90 Å². The van der Waals surface area contributed by atoms with E-state index in [1.165, 1.54) is 24.8 Å². The Balaban J connectivity index is 1.50. The SMILES string of the molecule is C=C1CC23C[C@]4(O)C5C6(C)CCCC57C(C2CC1C(OC(C)=O)C37)N4C6. The van der Waals surface area contributed by atoms with Gasteiger partial charge in [-0.2, -0.15) is 0 Å². The van der Waals surface area contributed by atoms with Gasteiger partial charge < -0.3 is 9.84 Å². The molecule has 6 saturated carbocycles. The number of esters is 1. The minimum atomic E-state index is -0.613. The normalized spacial score (nSPS) is 68.0. The van der Waals surface area contributed by atoms with Gasteiger partial charge in [0.2, 0.25) is 0 Å². The summed E-state index contributed by atoms with van der Waals surface area (Å²) in [6.45, 7) is 9.48. The lowest BCUT2D eigenvalue weighted by molar-refractivity contribution is -0.250. The molecule has 11 atom stereocenters. The van der Waals surface area contributed by atoms with Crippen LogP contribution in [0.2, 0.25) is 0 Å². The van der Waals surface area contributed by atoms with Crippen LogP contribution in [-0.4, -0.2) is 40.4 Å². The lowest BCUT2D eigenvalue weighted by atomic mass is 9.39. The summed E-state index contributed by atoms with van der Waals surface area (Å²) in [5.74, 6) is 1.68. The summed E-state index contributed by atoms with van der Waals surface area (Å²) in [4.78, 5) is 14.6. The van der Waals surface area contributed by atoms with Gasteiger partial charge in [0.25, 0.3) is 0 Å². The van der Waals surface area contributed by atoms with E-state index in [-0.39, 0.29) is 28.3 Å². The first-order valence-corrected chi connectivity index (χ1v) is 10.6. The molecule has 9 fully saturated rings. The van der Waals surface area contributed by atoms with E-state index in [1.54, 1.807) is 6.92 Å². The summed E-state index contributed by atoms with van der Waals surface area (Å²) >= 11 is 0. The van der Waals surface area contributed by atoms with Crippen LogP contribution in [0.5, 0.6) is 0 Å². The van der Waals surface area contributed by atoms with Crippen molar-refractivity contribution >= 4 is 5.97 Å². The molecular formula is C22H29NO3. The van der Waals surface area contributed by atoms with Gasteiger partial charge in [-0.15, -0.1) is 0 Å². The van der Waals surface area contributed by atoms with Crippen molar-refractivity contribution < 1.29 is 14.6 Å². The molecule has 4 heteroatoms. The Morgan fingerprint density at radius 3 is 2.96 bits per heavy atom. The standard InChI is InChI=1S/C22H29NO3/c1-11-8-20-9-22(25)18-19(3)5-4-6-21(18)16(20)15(26-12(2)24)13(11)7-14(20)17(21)23(22)10-19/h13-18,25H,1,4-10H2,2-3H3/t13?,14?,15?,16?,17?,18?,19?,20?,21?,22-/m0/s1. The van der Waals surface area contributed by atoms with Crippen molar-refractivity contribution in [3.63, 3.8) is 0 Å². The number of piperidine rings is 2. The van der Waals surface area contributed by atoms with Crippen molar-refractivity contribution in [1.29, 1.82) is 0 Å². The topological polar surface area (TPSA) is 49.8 Å². The average Bonchev–Trinajstić information content (AvgIpc) is 2.88. The van der Waals surface area contributed by atoms with Crippen molar-refractivity contribution in [2.45, 2.75) is 70.2 Å². The molecule has 0 amide bonds. The minimum absolute atomic E-state index is 0.00227. The molecule has 9 bridgehead atoms. The highest BCUT2D eigenvalue weighted by molar-refractivity contribution is 5.66. The first-order valence-electron chi connectivity index (χ1n) is 10.6. The van der Waals surface area contributed by atoms with Crippen LogP contribution >= 0.6 is 0 Å². The number of aliphatic hydroxyl groups is 1. The Morgan fingerprint density at radius 1 is 1.38 bits per heavy atom. The summed E-state index contributed by atoms with van der Waals surface area (Å²) in [7, 11) is 0. The highest BCUT2D eigenvalue weighted by atomic mass is 16.5. The maximum Gasteiger partial charge on any atom is 0.302 e. The van der Waals surface area contributed by atoms with Crippen LogP contribution in [-0.2, 0) is 9.53 Å². The van der Waals surface area contributed by atoms with E-state index < -0.39 is 5.72 Å². The van der Waals surface area contributed by atoms with E-state index in [4.69, 9.17) is 4.74 Å². The lowest BCUT2D eigenvalue weighted by Crippen LogP contribution is -2.67.